The fourth-order valence-electron chi connectivity index (χ4n) is 3.22. The smallest absolute Gasteiger partial charge is 0.192 e. The number of benzene rings is 2. The number of para-hydroxylation sites is 1. The summed E-state index contributed by atoms with van der Waals surface area (Å²) in [6.07, 6.45) is 3.29. The monoisotopic (exact) mass is 317 g/mol. The molecule has 0 saturated carbocycles. The molecule has 120 valence electrons. The molecule has 3 aromatic rings. The largest absolute Gasteiger partial charge is 0.459 e. The Balaban J connectivity index is 1.51. The molecule has 1 aliphatic rings. The summed E-state index contributed by atoms with van der Waals surface area (Å²) in [5.74, 6) is 0.732. The second-order valence-corrected chi connectivity index (χ2v) is 6.15. The summed E-state index contributed by atoms with van der Waals surface area (Å²) < 4.78 is 5.89. The standard InChI is InChI=1S/C21H19NO2/c23-20-14-18(24-21-9-5-4-8-19(20)21)15-22-12-10-17(11-13-22)16-6-2-1-3-7-16/h1-10,14H,11-13,15H2. The van der Waals surface area contributed by atoms with E-state index in [4.69, 9.17) is 4.42 Å². The van der Waals surface area contributed by atoms with Crippen LogP contribution < -0.4 is 5.43 Å². The van der Waals surface area contributed by atoms with E-state index in [1.54, 1.807) is 12.1 Å². The Hall–Kier alpha value is -2.65. The Morgan fingerprint density at radius 2 is 1.79 bits per heavy atom. The second kappa shape index (κ2) is 6.46. The molecule has 0 amide bonds. The third-order valence-corrected chi connectivity index (χ3v) is 4.50. The first-order valence-electron chi connectivity index (χ1n) is 8.28. The van der Waals surface area contributed by atoms with Gasteiger partial charge in [0.25, 0.3) is 0 Å². The molecule has 0 spiro atoms. The molecule has 1 aromatic heterocycles. The van der Waals surface area contributed by atoms with Crippen LogP contribution in [0, 0.1) is 0 Å². The zero-order chi connectivity index (χ0) is 16.4. The van der Waals surface area contributed by atoms with Crippen LogP contribution in [0.4, 0.5) is 0 Å². The Morgan fingerprint density at radius 3 is 2.58 bits per heavy atom. The van der Waals surface area contributed by atoms with E-state index in [1.165, 1.54) is 11.1 Å². The number of hydrogen-bond donors (Lipinski definition) is 0. The van der Waals surface area contributed by atoms with Crippen molar-refractivity contribution in [3.05, 3.63) is 88.3 Å². The maximum atomic E-state index is 12.2. The summed E-state index contributed by atoms with van der Waals surface area (Å²) in [5, 5.41) is 0.645. The van der Waals surface area contributed by atoms with Crippen LogP contribution in [0.25, 0.3) is 16.5 Å². The summed E-state index contributed by atoms with van der Waals surface area (Å²) >= 11 is 0. The van der Waals surface area contributed by atoms with Crippen molar-refractivity contribution >= 4 is 16.5 Å². The summed E-state index contributed by atoms with van der Waals surface area (Å²) in [6, 6.07) is 19.5. The van der Waals surface area contributed by atoms with Crippen molar-refractivity contribution in [1.29, 1.82) is 0 Å². The van der Waals surface area contributed by atoms with E-state index < -0.39 is 0 Å². The van der Waals surface area contributed by atoms with Crippen LogP contribution in [-0.4, -0.2) is 18.0 Å². The molecule has 2 aromatic carbocycles. The minimum Gasteiger partial charge on any atom is -0.459 e. The molecule has 0 bridgehead atoms. The highest BCUT2D eigenvalue weighted by atomic mass is 16.3. The van der Waals surface area contributed by atoms with Crippen molar-refractivity contribution in [2.24, 2.45) is 0 Å². The minimum absolute atomic E-state index is 0.0318. The van der Waals surface area contributed by atoms with Crippen molar-refractivity contribution in [3.63, 3.8) is 0 Å². The molecular formula is C21H19NO2. The van der Waals surface area contributed by atoms with Crippen LogP contribution in [-0.2, 0) is 6.54 Å². The van der Waals surface area contributed by atoms with Gasteiger partial charge in [0, 0.05) is 19.2 Å². The van der Waals surface area contributed by atoms with E-state index in [0.717, 1.165) is 25.3 Å². The lowest BCUT2D eigenvalue weighted by Crippen LogP contribution is -2.28. The van der Waals surface area contributed by atoms with Crippen LogP contribution in [0.1, 0.15) is 17.7 Å². The van der Waals surface area contributed by atoms with Crippen LogP contribution in [0.3, 0.4) is 0 Å². The lowest BCUT2D eigenvalue weighted by molar-refractivity contribution is 0.269. The molecule has 3 nitrogen and oxygen atoms in total. The van der Waals surface area contributed by atoms with Gasteiger partial charge < -0.3 is 4.42 Å². The van der Waals surface area contributed by atoms with Gasteiger partial charge in [-0.15, -0.1) is 0 Å². The predicted octanol–water partition coefficient (Wildman–Crippen LogP) is 4.08. The van der Waals surface area contributed by atoms with Gasteiger partial charge in [0.15, 0.2) is 5.43 Å². The van der Waals surface area contributed by atoms with Crippen molar-refractivity contribution in [1.82, 2.24) is 4.90 Å². The summed E-state index contributed by atoms with van der Waals surface area (Å²) in [5.41, 5.74) is 3.39. The summed E-state index contributed by atoms with van der Waals surface area (Å²) in [7, 11) is 0. The molecule has 0 aliphatic carbocycles. The zero-order valence-electron chi connectivity index (χ0n) is 13.4. The Labute approximate surface area is 140 Å². The average Bonchev–Trinajstić information content (AvgIpc) is 2.63. The maximum absolute atomic E-state index is 12.2. The lowest BCUT2D eigenvalue weighted by Gasteiger charge is -2.26. The number of fused-ring (bicyclic) bond motifs is 1. The maximum Gasteiger partial charge on any atom is 0.192 e. The van der Waals surface area contributed by atoms with Gasteiger partial charge in [-0.1, -0.05) is 48.5 Å². The predicted molar refractivity (Wildman–Crippen MR) is 96.8 cm³/mol. The molecular weight excluding hydrogens is 298 g/mol. The highest BCUT2D eigenvalue weighted by molar-refractivity contribution is 5.76. The zero-order valence-corrected chi connectivity index (χ0v) is 13.4. The van der Waals surface area contributed by atoms with Crippen molar-refractivity contribution in [2.75, 3.05) is 13.1 Å². The SMILES string of the molecule is O=c1cc(CN2CC=C(c3ccccc3)CC2)oc2ccccc12. The van der Waals surface area contributed by atoms with Gasteiger partial charge >= 0.3 is 0 Å². The lowest BCUT2D eigenvalue weighted by atomic mass is 9.99. The van der Waals surface area contributed by atoms with E-state index in [-0.39, 0.29) is 5.43 Å². The van der Waals surface area contributed by atoms with Gasteiger partial charge in [-0.25, -0.2) is 0 Å². The number of rotatable bonds is 3. The van der Waals surface area contributed by atoms with E-state index >= 15 is 0 Å². The average molecular weight is 317 g/mol. The minimum atomic E-state index is 0.0318. The molecule has 4 rings (SSSR count). The van der Waals surface area contributed by atoms with Gasteiger partial charge in [0.1, 0.15) is 11.3 Å². The van der Waals surface area contributed by atoms with Crippen LogP contribution in [0.5, 0.6) is 0 Å². The third-order valence-electron chi connectivity index (χ3n) is 4.50. The molecule has 24 heavy (non-hydrogen) atoms. The van der Waals surface area contributed by atoms with Gasteiger partial charge in [0.2, 0.25) is 0 Å². The van der Waals surface area contributed by atoms with Crippen molar-refractivity contribution in [2.45, 2.75) is 13.0 Å². The van der Waals surface area contributed by atoms with Crippen molar-refractivity contribution in [3.8, 4) is 0 Å². The first-order valence-corrected chi connectivity index (χ1v) is 8.28. The van der Waals surface area contributed by atoms with E-state index in [2.05, 4.69) is 35.2 Å². The van der Waals surface area contributed by atoms with Crippen LogP contribution in [0.15, 0.2) is 76.0 Å². The first kappa shape index (κ1) is 14.9. The van der Waals surface area contributed by atoms with Crippen molar-refractivity contribution < 1.29 is 4.42 Å². The molecule has 0 fully saturated rings. The number of hydrogen-bond acceptors (Lipinski definition) is 3. The molecule has 2 heterocycles. The molecule has 0 saturated heterocycles. The highest BCUT2D eigenvalue weighted by Crippen LogP contribution is 2.23. The Kier molecular flexibility index (Phi) is 4.01. The van der Waals surface area contributed by atoms with Gasteiger partial charge in [-0.2, -0.15) is 0 Å². The van der Waals surface area contributed by atoms with Crippen LogP contribution >= 0.6 is 0 Å². The van der Waals surface area contributed by atoms with Crippen LogP contribution in [0.2, 0.25) is 0 Å². The molecule has 1 aliphatic heterocycles. The van der Waals surface area contributed by atoms with Gasteiger partial charge in [-0.05, 0) is 29.7 Å². The molecule has 0 unspecified atom stereocenters. The quantitative estimate of drug-likeness (QED) is 0.730. The highest BCUT2D eigenvalue weighted by Gasteiger charge is 2.15. The normalized spacial score (nSPS) is 15.4. The van der Waals surface area contributed by atoms with E-state index in [1.807, 2.05) is 24.3 Å². The second-order valence-electron chi connectivity index (χ2n) is 6.15. The Morgan fingerprint density at radius 1 is 1.00 bits per heavy atom. The molecule has 3 heteroatoms. The fraction of sp³-hybridized carbons (Fsp3) is 0.190. The Bertz CT molecular complexity index is 941. The summed E-state index contributed by atoms with van der Waals surface area (Å²) in [4.78, 5) is 14.5. The molecule has 0 N–H and O–H groups in total. The molecule has 0 radical (unpaired) electrons. The third kappa shape index (κ3) is 3.03. The van der Waals surface area contributed by atoms with Gasteiger partial charge in [-0.3, -0.25) is 9.69 Å². The van der Waals surface area contributed by atoms with E-state index in [0.29, 0.717) is 17.5 Å². The van der Waals surface area contributed by atoms with E-state index in [9.17, 15) is 4.79 Å². The summed E-state index contributed by atoms with van der Waals surface area (Å²) in [6.45, 7) is 2.51. The molecule has 0 atom stereocenters. The van der Waals surface area contributed by atoms with Gasteiger partial charge in [0.05, 0.1) is 11.9 Å². The fourth-order valence-corrected chi connectivity index (χ4v) is 3.22. The topological polar surface area (TPSA) is 33.5 Å². The number of nitrogens with zero attached hydrogens (tertiary/aromatic N) is 1. The first-order chi connectivity index (χ1) is 11.8.